The van der Waals surface area contributed by atoms with Gasteiger partial charge in [-0.2, -0.15) is 0 Å². The molecule has 0 atom stereocenters. The molecule has 0 unspecified atom stereocenters. The summed E-state index contributed by atoms with van der Waals surface area (Å²) in [5.41, 5.74) is 6.24. The summed E-state index contributed by atoms with van der Waals surface area (Å²) in [5, 5.41) is 1.54. The summed E-state index contributed by atoms with van der Waals surface area (Å²) < 4.78 is 0. The van der Waals surface area contributed by atoms with Gasteiger partial charge in [-0.3, -0.25) is 9.80 Å². The SMILES string of the molecule is CC(C)c1ccc2c(c1)CNN(C)C2=O. The molecule has 3 heteroatoms. The van der Waals surface area contributed by atoms with Crippen molar-refractivity contribution in [2.45, 2.75) is 26.3 Å². The summed E-state index contributed by atoms with van der Waals surface area (Å²) in [7, 11) is 1.75. The van der Waals surface area contributed by atoms with Crippen LogP contribution in [0.3, 0.4) is 0 Å². The Bertz CT molecular complexity index is 399. The Labute approximate surface area is 90.1 Å². The van der Waals surface area contributed by atoms with Gasteiger partial charge in [-0.15, -0.1) is 0 Å². The Balaban J connectivity index is 2.43. The molecule has 0 saturated heterocycles. The number of hydrazine groups is 1. The summed E-state index contributed by atoms with van der Waals surface area (Å²) in [4.78, 5) is 11.8. The van der Waals surface area contributed by atoms with Gasteiger partial charge < -0.3 is 0 Å². The van der Waals surface area contributed by atoms with Crippen LogP contribution in [0, 0.1) is 0 Å². The standard InChI is InChI=1S/C12H16N2O/c1-8(2)9-4-5-11-10(6-9)7-13-14(3)12(11)15/h4-6,8,13H,7H2,1-3H3. The van der Waals surface area contributed by atoms with Crippen LogP contribution in [0.15, 0.2) is 18.2 Å². The van der Waals surface area contributed by atoms with Gasteiger partial charge >= 0.3 is 0 Å². The van der Waals surface area contributed by atoms with Crippen LogP contribution in [-0.2, 0) is 6.54 Å². The highest BCUT2D eigenvalue weighted by Crippen LogP contribution is 2.21. The molecule has 0 fully saturated rings. The van der Waals surface area contributed by atoms with E-state index in [-0.39, 0.29) is 5.91 Å². The molecule has 0 spiro atoms. The Morgan fingerprint density at radius 1 is 1.40 bits per heavy atom. The van der Waals surface area contributed by atoms with Crippen molar-refractivity contribution in [2.24, 2.45) is 0 Å². The van der Waals surface area contributed by atoms with Crippen molar-refractivity contribution in [3.63, 3.8) is 0 Å². The molecule has 0 bridgehead atoms. The molecule has 1 aliphatic heterocycles. The molecule has 0 aromatic heterocycles. The number of carbonyl (C=O) groups excluding carboxylic acids is 1. The van der Waals surface area contributed by atoms with Crippen molar-refractivity contribution in [1.29, 1.82) is 0 Å². The maximum atomic E-state index is 11.8. The lowest BCUT2D eigenvalue weighted by Gasteiger charge is -2.26. The lowest BCUT2D eigenvalue weighted by Crippen LogP contribution is -2.43. The van der Waals surface area contributed by atoms with E-state index in [1.54, 1.807) is 7.05 Å². The van der Waals surface area contributed by atoms with Gasteiger partial charge in [0.15, 0.2) is 0 Å². The largest absolute Gasteiger partial charge is 0.277 e. The number of fused-ring (bicyclic) bond motifs is 1. The fraction of sp³-hybridized carbons (Fsp3) is 0.417. The first kappa shape index (κ1) is 10.2. The molecule has 1 aliphatic rings. The number of nitrogens with one attached hydrogen (secondary N) is 1. The van der Waals surface area contributed by atoms with Crippen LogP contribution in [0.25, 0.3) is 0 Å². The van der Waals surface area contributed by atoms with Gasteiger partial charge in [0.2, 0.25) is 0 Å². The van der Waals surface area contributed by atoms with Crippen LogP contribution in [0.2, 0.25) is 0 Å². The van der Waals surface area contributed by atoms with Crippen LogP contribution >= 0.6 is 0 Å². The van der Waals surface area contributed by atoms with Gasteiger partial charge in [-0.25, -0.2) is 5.43 Å². The molecule has 0 aliphatic carbocycles. The highest BCUT2D eigenvalue weighted by atomic mass is 16.2. The molecule has 1 heterocycles. The van der Waals surface area contributed by atoms with Gasteiger partial charge in [-0.05, 0) is 23.1 Å². The van der Waals surface area contributed by atoms with Gasteiger partial charge in [0, 0.05) is 19.2 Å². The first-order chi connectivity index (χ1) is 7.09. The number of amides is 1. The zero-order valence-corrected chi connectivity index (χ0v) is 9.37. The number of hydrogen-bond acceptors (Lipinski definition) is 2. The predicted octanol–water partition coefficient (Wildman–Crippen LogP) is 1.90. The van der Waals surface area contributed by atoms with Gasteiger partial charge in [0.05, 0.1) is 0 Å². The van der Waals surface area contributed by atoms with Gasteiger partial charge in [0.1, 0.15) is 0 Å². The van der Waals surface area contributed by atoms with Crippen LogP contribution in [0.4, 0.5) is 0 Å². The highest BCUT2D eigenvalue weighted by Gasteiger charge is 2.21. The monoisotopic (exact) mass is 204 g/mol. The predicted molar refractivity (Wildman–Crippen MR) is 59.5 cm³/mol. The Morgan fingerprint density at radius 2 is 2.13 bits per heavy atom. The van der Waals surface area contributed by atoms with E-state index >= 15 is 0 Å². The average molecular weight is 204 g/mol. The zero-order valence-electron chi connectivity index (χ0n) is 9.37. The Kier molecular flexibility index (Phi) is 2.49. The second-order valence-corrected chi connectivity index (χ2v) is 4.27. The topological polar surface area (TPSA) is 32.3 Å². The fourth-order valence-corrected chi connectivity index (χ4v) is 1.78. The quantitative estimate of drug-likeness (QED) is 0.757. The number of benzene rings is 1. The van der Waals surface area contributed by atoms with Crippen molar-refractivity contribution < 1.29 is 4.79 Å². The number of carbonyl (C=O) groups is 1. The molecule has 1 N–H and O–H groups in total. The fourth-order valence-electron chi connectivity index (χ4n) is 1.78. The van der Waals surface area contributed by atoms with Crippen LogP contribution in [-0.4, -0.2) is 18.0 Å². The molecule has 1 aromatic rings. The van der Waals surface area contributed by atoms with Gasteiger partial charge in [0.25, 0.3) is 5.91 Å². The molecular formula is C12H16N2O. The molecule has 2 rings (SSSR count). The zero-order chi connectivity index (χ0) is 11.0. The van der Waals surface area contributed by atoms with Crippen molar-refractivity contribution in [3.8, 4) is 0 Å². The minimum atomic E-state index is 0.0477. The van der Waals surface area contributed by atoms with Gasteiger partial charge in [-0.1, -0.05) is 26.0 Å². The summed E-state index contributed by atoms with van der Waals surface area (Å²) in [6, 6.07) is 6.10. The maximum absolute atomic E-state index is 11.8. The third-order valence-corrected chi connectivity index (χ3v) is 2.84. The minimum absolute atomic E-state index is 0.0477. The van der Waals surface area contributed by atoms with E-state index in [0.717, 1.165) is 17.7 Å². The van der Waals surface area contributed by atoms with Crippen LogP contribution in [0.5, 0.6) is 0 Å². The number of hydrogen-bond donors (Lipinski definition) is 1. The molecule has 3 nitrogen and oxygen atoms in total. The summed E-state index contributed by atoms with van der Waals surface area (Å²) in [6.45, 7) is 5.05. The maximum Gasteiger partial charge on any atom is 0.268 e. The molecule has 1 amide bonds. The normalized spacial score (nSPS) is 15.7. The van der Waals surface area contributed by atoms with Crippen molar-refractivity contribution in [2.75, 3.05) is 7.05 Å². The minimum Gasteiger partial charge on any atom is -0.277 e. The summed E-state index contributed by atoms with van der Waals surface area (Å²) in [5.74, 6) is 0.552. The van der Waals surface area contributed by atoms with E-state index in [0.29, 0.717) is 5.92 Å². The van der Waals surface area contributed by atoms with E-state index in [2.05, 4.69) is 25.3 Å². The van der Waals surface area contributed by atoms with E-state index in [9.17, 15) is 4.79 Å². The third-order valence-electron chi connectivity index (χ3n) is 2.84. The smallest absolute Gasteiger partial charge is 0.268 e. The summed E-state index contributed by atoms with van der Waals surface area (Å²) >= 11 is 0. The molecule has 0 radical (unpaired) electrons. The Morgan fingerprint density at radius 3 is 2.80 bits per heavy atom. The lowest BCUT2D eigenvalue weighted by molar-refractivity contribution is 0.0686. The Hall–Kier alpha value is -1.35. The van der Waals surface area contributed by atoms with Crippen molar-refractivity contribution in [1.82, 2.24) is 10.4 Å². The number of rotatable bonds is 1. The average Bonchev–Trinajstić information content (AvgIpc) is 2.23. The van der Waals surface area contributed by atoms with Crippen LogP contribution in [0.1, 0.15) is 41.3 Å². The first-order valence-corrected chi connectivity index (χ1v) is 5.24. The highest BCUT2D eigenvalue weighted by molar-refractivity contribution is 5.96. The molecular weight excluding hydrogens is 188 g/mol. The number of nitrogens with zero attached hydrogens (tertiary/aromatic N) is 1. The first-order valence-electron chi connectivity index (χ1n) is 5.24. The van der Waals surface area contributed by atoms with Crippen LogP contribution < -0.4 is 5.43 Å². The molecule has 0 saturated carbocycles. The molecule has 1 aromatic carbocycles. The lowest BCUT2D eigenvalue weighted by atomic mass is 9.96. The second kappa shape index (κ2) is 3.66. The van der Waals surface area contributed by atoms with E-state index in [1.165, 1.54) is 10.6 Å². The summed E-state index contributed by atoms with van der Waals surface area (Å²) in [6.07, 6.45) is 0. The molecule has 15 heavy (non-hydrogen) atoms. The third kappa shape index (κ3) is 1.75. The second-order valence-electron chi connectivity index (χ2n) is 4.27. The van der Waals surface area contributed by atoms with E-state index in [4.69, 9.17) is 0 Å². The van der Waals surface area contributed by atoms with Crippen molar-refractivity contribution >= 4 is 5.91 Å². The van der Waals surface area contributed by atoms with Crippen molar-refractivity contribution in [3.05, 3.63) is 34.9 Å². The van der Waals surface area contributed by atoms with E-state index < -0.39 is 0 Å². The van der Waals surface area contributed by atoms with E-state index in [1.807, 2.05) is 12.1 Å². The molecule has 80 valence electrons.